The van der Waals surface area contributed by atoms with Crippen LogP contribution < -0.4 is 34.7 Å². The number of hydrogen-bond donors (Lipinski definition) is 0. The van der Waals surface area contributed by atoms with Crippen molar-refractivity contribution in [2.45, 2.75) is 26.7 Å². The van der Waals surface area contributed by atoms with E-state index in [0.717, 1.165) is 0 Å². The van der Waals surface area contributed by atoms with Crippen molar-refractivity contribution in [1.29, 1.82) is 0 Å². The zero-order chi connectivity index (χ0) is 10.4. The number of rotatable bonds is 5. The van der Waals surface area contributed by atoms with Gasteiger partial charge in [0.25, 0.3) is 0 Å². The molecular weight excluding hydrogens is 195 g/mol. The summed E-state index contributed by atoms with van der Waals surface area (Å²) in [6, 6.07) is 0. The fourth-order valence-corrected chi connectivity index (χ4v) is 1.15. The second-order valence-electron chi connectivity index (χ2n) is 3.08. The Labute approximate surface area is 106 Å². The third-order valence-corrected chi connectivity index (χ3v) is 2.07. The normalized spacial score (nSPS) is 13.6. The summed E-state index contributed by atoms with van der Waals surface area (Å²) in [5.41, 5.74) is 0. The van der Waals surface area contributed by atoms with E-state index < -0.39 is 11.9 Å². The summed E-state index contributed by atoms with van der Waals surface area (Å²) < 4.78 is 4.48. The van der Waals surface area contributed by atoms with Crippen LogP contribution in [0.5, 0.6) is 0 Å². The topological polar surface area (TPSA) is 66.4 Å². The Morgan fingerprint density at radius 1 is 1.43 bits per heavy atom. The summed E-state index contributed by atoms with van der Waals surface area (Å²) in [5, 5.41) is 10.5. The van der Waals surface area contributed by atoms with Gasteiger partial charge in [0.2, 0.25) is 0 Å². The van der Waals surface area contributed by atoms with Gasteiger partial charge >= 0.3 is 35.5 Å². The minimum absolute atomic E-state index is 0. The van der Waals surface area contributed by atoms with E-state index in [4.69, 9.17) is 0 Å². The van der Waals surface area contributed by atoms with E-state index in [0.29, 0.717) is 6.42 Å². The van der Waals surface area contributed by atoms with Gasteiger partial charge < -0.3 is 14.6 Å². The van der Waals surface area contributed by atoms with E-state index in [1.807, 2.05) is 0 Å². The van der Waals surface area contributed by atoms with Crippen LogP contribution in [-0.2, 0) is 14.3 Å². The van der Waals surface area contributed by atoms with Crippen molar-refractivity contribution >= 4 is 11.9 Å². The smallest absolute Gasteiger partial charge is 0.550 e. The van der Waals surface area contributed by atoms with Gasteiger partial charge in [0.15, 0.2) is 0 Å². The number of carbonyl (C=O) groups is 2. The molecule has 0 fully saturated rings. The number of aliphatic carboxylic acids is 1. The summed E-state index contributed by atoms with van der Waals surface area (Å²) in [5.74, 6) is -2.42. The fourth-order valence-electron chi connectivity index (χ4n) is 1.15. The molecule has 76 valence electrons. The maximum absolute atomic E-state index is 11.0. The molecule has 0 heterocycles. The maximum atomic E-state index is 11.0. The molecule has 0 aliphatic heterocycles. The van der Waals surface area contributed by atoms with Crippen LogP contribution in [0, 0.1) is 11.8 Å². The second kappa shape index (κ2) is 8.26. The van der Waals surface area contributed by atoms with Crippen LogP contribution in [0.4, 0.5) is 0 Å². The molecule has 0 aromatic rings. The van der Waals surface area contributed by atoms with Gasteiger partial charge in [-0.1, -0.05) is 13.8 Å². The predicted octanol–water partition coefficient (Wildman–Crippen LogP) is -3.03. The third-order valence-electron chi connectivity index (χ3n) is 2.07. The molecule has 2 unspecified atom stereocenters. The molecule has 0 saturated carbocycles. The predicted molar refractivity (Wildman–Crippen MR) is 44.6 cm³/mol. The van der Waals surface area contributed by atoms with Gasteiger partial charge in [0.05, 0.1) is 13.0 Å². The summed E-state index contributed by atoms with van der Waals surface area (Å²) in [7, 11) is 1.29. The van der Waals surface area contributed by atoms with Crippen LogP contribution in [0.3, 0.4) is 0 Å². The molecule has 0 spiro atoms. The number of hydrogen-bond acceptors (Lipinski definition) is 4. The van der Waals surface area contributed by atoms with Gasteiger partial charge in [-0.05, 0) is 18.8 Å². The van der Waals surface area contributed by atoms with Gasteiger partial charge in [-0.3, -0.25) is 4.79 Å². The minimum atomic E-state index is -1.10. The van der Waals surface area contributed by atoms with E-state index in [1.165, 1.54) is 7.11 Å². The van der Waals surface area contributed by atoms with Crippen LogP contribution in [0.25, 0.3) is 0 Å². The Kier molecular flexibility index (Phi) is 9.67. The first-order chi connectivity index (χ1) is 6.02. The van der Waals surface area contributed by atoms with Crippen molar-refractivity contribution in [2.75, 3.05) is 7.11 Å². The number of ether oxygens (including phenoxy) is 1. The minimum Gasteiger partial charge on any atom is -0.550 e. The number of methoxy groups -OCH3 is 1. The maximum Gasteiger partial charge on any atom is 1.00 e. The molecule has 0 amide bonds. The number of esters is 1. The standard InChI is InChI=1S/C9H16O4.Na/c1-4-7(8(10)11)5-6(2)9(12)13-3;/h6-7H,4-5H2,1-3H3,(H,10,11);/q;+1/p-1. The van der Waals surface area contributed by atoms with Crippen LogP contribution in [0.1, 0.15) is 26.7 Å². The van der Waals surface area contributed by atoms with Gasteiger partial charge in [-0.2, -0.15) is 0 Å². The number of carboxylic acid groups (broad SMARTS) is 1. The molecule has 5 heteroatoms. The van der Waals surface area contributed by atoms with Crippen molar-refractivity contribution in [3.05, 3.63) is 0 Å². The molecule has 0 radical (unpaired) electrons. The average Bonchev–Trinajstić information content (AvgIpc) is 2.11. The van der Waals surface area contributed by atoms with Crippen molar-refractivity contribution in [1.82, 2.24) is 0 Å². The van der Waals surface area contributed by atoms with Crippen molar-refractivity contribution in [3.8, 4) is 0 Å². The first kappa shape index (κ1) is 16.4. The zero-order valence-corrected chi connectivity index (χ0v) is 11.2. The molecule has 4 nitrogen and oxygen atoms in total. The zero-order valence-electron chi connectivity index (χ0n) is 9.20. The monoisotopic (exact) mass is 210 g/mol. The Balaban J connectivity index is 0. The van der Waals surface area contributed by atoms with Crippen molar-refractivity contribution in [3.63, 3.8) is 0 Å². The molecule has 0 aromatic carbocycles. The molecule has 0 N–H and O–H groups in total. The Hall–Kier alpha value is -0.0600. The molecule has 0 saturated heterocycles. The number of carbonyl (C=O) groups excluding carboxylic acids is 2. The molecule has 0 rings (SSSR count). The van der Waals surface area contributed by atoms with Crippen LogP contribution >= 0.6 is 0 Å². The Morgan fingerprint density at radius 2 is 1.93 bits per heavy atom. The first-order valence-corrected chi connectivity index (χ1v) is 4.31. The van der Waals surface area contributed by atoms with Gasteiger partial charge in [-0.15, -0.1) is 0 Å². The van der Waals surface area contributed by atoms with E-state index >= 15 is 0 Å². The fraction of sp³-hybridized carbons (Fsp3) is 0.778. The summed E-state index contributed by atoms with van der Waals surface area (Å²) in [6.45, 7) is 3.40. The van der Waals surface area contributed by atoms with Crippen LogP contribution in [0.2, 0.25) is 0 Å². The largest absolute Gasteiger partial charge is 1.00 e. The van der Waals surface area contributed by atoms with E-state index in [2.05, 4.69) is 4.74 Å². The third kappa shape index (κ3) is 5.62. The molecule has 0 aliphatic carbocycles. The second-order valence-corrected chi connectivity index (χ2v) is 3.08. The van der Waals surface area contributed by atoms with Crippen LogP contribution in [0.15, 0.2) is 0 Å². The molecule has 0 aromatic heterocycles. The van der Waals surface area contributed by atoms with E-state index in [9.17, 15) is 14.7 Å². The average molecular weight is 210 g/mol. The van der Waals surface area contributed by atoms with Crippen LogP contribution in [-0.4, -0.2) is 19.0 Å². The van der Waals surface area contributed by atoms with Crippen molar-refractivity contribution < 1.29 is 49.0 Å². The van der Waals surface area contributed by atoms with Gasteiger partial charge in [0.1, 0.15) is 0 Å². The molecular formula is C9H15NaO4. The SMILES string of the molecule is CCC(CC(C)C(=O)OC)C(=O)[O-].[Na+]. The molecule has 2 atom stereocenters. The summed E-state index contributed by atoms with van der Waals surface area (Å²) in [6.07, 6.45) is 0.759. The van der Waals surface area contributed by atoms with E-state index in [1.54, 1.807) is 13.8 Å². The molecule has 0 bridgehead atoms. The first-order valence-electron chi connectivity index (χ1n) is 4.31. The van der Waals surface area contributed by atoms with Gasteiger partial charge in [0, 0.05) is 5.97 Å². The molecule has 14 heavy (non-hydrogen) atoms. The number of carboxylic acids is 1. The Morgan fingerprint density at radius 3 is 2.21 bits per heavy atom. The van der Waals surface area contributed by atoms with Crippen molar-refractivity contribution in [2.24, 2.45) is 11.8 Å². The van der Waals surface area contributed by atoms with Gasteiger partial charge in [-0.25, -0.2) is 0 Å². The molecule has 0 aliphatic rings. The quantitative estimate of drug-likeness (QED) is 0.357. The van der Waals surface area contributed by atoms with E-state index in [-0.39, 0.29) is 47.9 Å². The Bertz CT molecular complexity index is 193. The summed E-state index contributed by atoms with van der Waals surface area (Å²) in [4.78, 5) is 21.5. The summed E-state index contributed by atoms with van der Waals surface area (Å²) >= 11 is 0.